The SMILES string of the molecule is Cc1ccc(S(=O)(=O)Cc2ccc(NS(=O)(=O)c3ccc(C)cc3)cc2)cc1. The number of nitrogens with one attached hydrogen (secondary N) is 1. The van der Waals surface area contributed by atoms with Crippen molar-refractivity contribution >= 4 is 25.5 Å². The van der Waals surface area contributed by atoms with Gasteiger partial charge in [-0.05, 0) is 55.8 Å². The van der Waals surface area contributed by atoms with E-state index in [1.807, 2.05) is 13.8 Å². The molecular weight excluding hydrogens is 394 g/mol. The van der Waals surface area contributed by atoms with Gasteiger partial charge in [0.1, 0.15) is 0 Å². The van der Waals surface area contributed by atoms with Gasteiger partial charge in [0.05, 0.1) is 15.5 Å². The molecule has 0 atom stereocenters. The number of hydrogen-bond acceptors (Lipinski definition) is 4. The van der Waals surface area contributed by atoms with Crippen molar-refractivity contribution in [3.05, 3.63) is 89.5 Å². The topological polar surface area (TPSA) is 80.3 Å². The molecule has 0 unspecified atom stereocenters. The third kappa shape index (κ3) is 4.79. The van der Waals surface area contributed by atoms with Crippen LogP contribution in [0.3, 0.4) is 0 Å². The summed E-state index contributed by atoms with van der Waals surface area (Å²) in [4.78, 5) is 0.436. The highest BCUT2D eigenvalue weighted by Gasteiger charge is 2.16. The Balaban J connectivity index is 1.74. The van der Waals surface area contributed by atoms with E-state index in [0.717, 1.165) is 11.1 Å². The molecule has 28 heavy (non-hydrogen) atoms. The third-order valence-electron chi connectivity index (χ3n) is 4.27. The maximum atomic E-state index is 12.5. The second-order valence-electron chi connectivity index (χ2n) is 6.69. The quantitative estimate of drug-likeness (QED) is 0.658. The third-order valence-corrected chi connectivity index (χ3v) is 7.38. The van der Waals surface area contributed by atoms with Crippen LogP contribution in [0, 0.1) is 13.8 Å². The molecule has 0 bridgehead atoms. The summed E-state index contributed by atoms with van der Waals surface area (Å²) in [5.41, 5.74) is 2.91. The molecule has 5 nitrogen and oxygen atoms in total. The summed E-state index contributed by atoms with van der Waals surface area (Å²) in [6.45, 7) is 3.78. The van der Waals surface area contributed by atoms with E-state index in [4.69, 9.17) is 0 Å². The van der Waals surface area contributed by atoms with Crippen LogP contribution in [0.25, 0.3) is 0 Å². The average Bonchev–Trinajstić information content (AvgIpc) is 2.64. The predicted octanol–water partition coefficient (Wildman–Crippen LogP) is 4.08. The van der Waals surface area contributed by atoms with Crippen molar-refractivity contribution in [3.63, 3.8) is 0 Å². The summed E-state index contributed by atoms with van der Waals surface area (Å²) in [6.07, 6.45) is 0. The zero-order valence-electron chi connectivity index (χ0n) is 15.6. The van der Waals surface area contributed by atoms with Gasteiger partial charge >= 0.3 is 0 Å². The Kier molecular flexibility index (Phi) is 5.58. The van der Waals surface area contributed by atoms with Gasteiger partial charge in [0.2, 0.25) is 0 Å². The van der Waals surface area contributed by atoms with Gasteiger partial charge in [-0.1, -0.05) is 47.5 Å². The zero-order valence-corrected chi connectivity index (χ0v) is 17.2. The summed E-state index contributed by atoms with van der Waals surface area (Å²) >= 11 is 0. The molecule has 7 heteroatoms. The van der Waals surface area contributed by atoms with Gasteiger partial charge in [-0.3, -0.25) is 4.72 Å². The van der Waals surface area contributed by atoms with E-state index in [2.05, 4.69) is 4.72 Å². The Bertz CT molecular complexity index is 1070. The standard InChI is InChI=1S/C21H21NO4S2/c1-16-3-11-20(12-4-16)27(23,24)15-18-7-9-19(10-8-18)22-28(25,26)21-13-5-17(2)6-14-21/h3-14,22H,15H2,1-2H3. The number of anilines is 1. The Morgan fingerprint density at radius 1 is 0.643 bits per heavy atom. The van der Waals surface area contributed by atoms with Crippen LogP contribution in [0.5, 0.6) is 0 Å². The van der Waals surface area contributed by atoms with E-state index >= 15 is 0 Å². The molecule has 0 radical (unpaired) electrons. The first-order valence-electron chi connectivity index (χ1n) is 8.64. The van der Waals surface area contributed by atoms with Crippen LogP contribution < -0.4 is 4.72 Å². The van der Waals surface area contributed by atoms with Crippen molar-refractivity contribution in [3.8, 4) is 0 Å². The number of benzene rings is 3. The van der Waals surface area contributed by atoms with Gasteiger partial charge in [-0.25, -0.2) is 16.8 Å². The first-order chi connectivity index (χ1) is 13.2. The van der Waals surface area contributed by atoms with Gasteiger partial charge in [0.15, 0.2) is 9.84 Å². The van der Waals surface area contributed by atoms with Crippen LogP contribution in [0.2, 0.25) is 0 Å². The highest BCUT2D eigenvalue weighted by atomic mass is 32.2. The van der Waals surface area contributed by atoms with E-state index < -0.39 is 19.9 Å². The smallest absolute Gasteiger partial charge is 0.261 e. The maximum absolute atomic E-state index is 12.5. The highest BCUT2D eigenvalue weighted by molar-refractivity contribution is 7.92. The van der Waals surface area contributed by atoms with Crippen molar-refractivity contribution in [2.75, 3.05) is 4.72 Å². The van der Waals surface area contributed by atoms with Crippen molar-refractivity contribution in [2.24, 2.45) is 0 Å². The fourth-order valence-electron chi connectivity index (χ4n) is 2.65. The maximum Gasteiger partial charge on any atom is 0.261 e. The number of aryl methyl sites for hydroxylation is 2. The first-order valence-corrected chi connectivity index (χ1v) is 11.8. The second-order valence-corrected chi connectivity index (χ2v) is 10.4. The monoisotopic (exact) mass is 415 g/mol. The molecule has 0 aliphatic heterocycles. The second kappa shape index (κ2) is 7.77. The molecule has 0 aliphatic carbocycles. The molecule has 146 valence electrons. The lowest BCUT2D eigenvalue weighted by atomic mass is 10.2. The van der Waals surface area contributed by atoms with E-state index in [-0.39, 0.29) is 15.5 Å². The molecule has 3 aromatic rings. The van der Waals surface area contributed by atoms with Crippen LogP contribution in [-0.2, 0) is 25.6 Å². The zero-order chi connectivity index (χ0) is 20.4. The largest absolute Gasteiger partial charge is 0.280 e. The minimum absolute atomic E-state index is 0.152. The van der Waals surface area contributed by atoms with E-state index in [1.54, 1.807) is 72.8 Å². The molecular formula is C21H21NO4S2. The highest BCUT2D eigenvalue weighted by Crippen LogP contribution is 2.20. The van der Waals surface area contributed by atoms with Crippen LogP contribution in [0.1, 0.15) is 16.7 Å². The molecule has 0 heterocycles. The number of hydrogen-bond donors (Lipinski definition) is 1. The molecule has 0 saturated carbocycles. The summed E-state index contributed by atoms with van der Waals surface area (Å²) in [5, 5.41) is 0. The molecule has 0 amide bonds. The van der Waals surface area contributed by atoms with Crippen molar-refractivity contribution in [1.82, 2.24) is 0 Å². The summed E-state index contributed by atoms with van der Waals surface area (Å²) in [6, 6.07) is 19.6. The molecule has 0 aromatic heterocycles. The Morgan fingerprint density at radius 3 is 1.61 bits per heavy atom. The Labute approximate surface area is 166 Å². The molecule has 0 spiro atoms. The van der Waals surface area contributed by atoms with Gasteiger partial charge in [0.25, 0.3) is 10.0 Å². The number of sulfonamides is 1. The summed E-state index contributed by atoms with van der Waals surface area (Å²) in [7, 11) is -7.16. The van der Waals surface area contributed by atoms with Gasteiger partial charge in [-0.2, -0.15) is 0 Å². The van der Waals surface area contributed by atoms with E-state index in [0.29, 0.717) is 11.3 Å². The summed E-state index contributed by atoms with van der Waals surface area (Å²) in [5.74, 6) is -0.152. The molecule has 3 aromatic carbocycles. The van der Waals surface area contributed by atoms with Crippen LogP contribution in [0.4, 0.5) is 5.69 Å². The van der Waals surface area contributed by atoms with Crippen LogP contribution in [0.15, 0.2) is 82.6 Å². The Hall–Kier alpha value is -2.64. The first kappa shape index (κ1) is 20.1. The normalized spacial score (nSPS) is 11.9. The summed E-state index contributed by atoms with van der Waals surface area (Å²) < 4.78 is 52.4. The Morgan fingerprint density at radius 2 is 1.11 bits per heavy atom. The lowest BCUT2D eigenvalue weighted by Crippen LogP contribution is -2.13. The van der Waals surface area contributed by atoms with Crippen molar-refractivity contribution in [1.29, 1.82) is 0 Å². The van der Waals surface area contributed by atoms with Gasteiger partial charge in [-0.15, -0.1) is 0 Å². The van der Waals surface area contributed by atoms with Crippen molar-refractivity contribution < 1.29 is 16.8 Å². The average molecular weight is 416 g/mol. The molecule has 0 aliphatic rings. The number of sulfone groups is 1. The van der Waals surface area contributed by atoms with Crippen molar-refractivity contribution in [2.45, 2.75) is 29.4 Å². The fourth-order valence-corrected chi connectivity index (χ4v) is 5.06. The lowest BCUT2D eigenvalue weighted by Gasteiger charge is -2.10. The van der Waals surface area contributed by atoms with Crippen LogP contribution >= 0.6 is 0 Å². The molecule has 0 saturated heterocycles. The minimum Gasteiger partial charge on any atom is -0.280 e. The molecule has 3 rings (SSSR count). The fraction of sp³-hybridized carbons (Fsp3) is 0.143. The van der Waals surface area contributed by atoms with Gasteiger partial charge < -0.3 is 0 Å². The van der Waals surface area contributed by atoms with E-state index in [9.17, 15) is 16.8 Å². The van der Waals surface area contributed by atoms with Crippen LogP contribution in [-0.4, -0.2) is 16.8 Å². The predicted molar refractivity (Wildman–Crippen MR) is 110 cm³/mol. The van der Waals surface area contributed by atoms with Gasteiger partial charge in [0, 0.05) is 5.69 Å². The lowest BCUT2D eigenvalue weighted by molar-refractivity contribution is 0.594. The van der Waals surface area contributed by atoms with E-state index in [1.165, 1.54) is 0 Å². The molecule has 1 N–H and O–H groups in total. The number of rotatable bonds is 6. The minimum atomic E-state index is -3.69. The molecule has 0 fully saturated rings.